The maximum absolute atomic E-state index is 11.6. The fourth-order valence-electron chi connectivity index (χ4n) is 1.89. The van der Waals surface area contributed by atoms with Crippen LogP contribution in [0.15, 0.2) is 18.2 Å². The van der Waals surface area contributed by atoms with Gasteiger partial charge in [-0.1, -0.05) is 6.42 Å². The zero-order valence-electron chi connectivity index (χ0n) is 10.3. The van der Waals surface area contributed by atoms with Gasteiger partial charge in [-0.2, -0.15) is 0 Å². The highest BCUT2D eigenvalue weighted by molar-refractivity contribution is 5.95. The maximum Gasteiger partial charge on any atom is 0.339 e. The lowest BCUT2D eigenvalue weighted by molar-refractivity contribution is 0.0693. The van der Waals surface area contributed by atoms with E-state index in [4.69, 9.17) is 5.11 Å². The molecule has 0 radical (unpaired) electrons. The molecule has 0 bridgehead atoms. The second kappa shape index (κ2) is 5.60. The highest BCUT2D eigenvalue weighted by Crippen LogP contribution is 2.25. The number of hydrogen-bond acceptors (Lipinski definition) is 3. The van der Waals surface area contributed by atoms with Gasteiger partial charge in [-0.05, 0) is 37.0 Å². The molecule has 1 fully saturated rings. The first-order chi connectivity index (χ1) is 9.06. The van der Waals surface area contributed by atoms with Gasteiger partial charge in [0.1, 0.15) is 11.3 Å². The quantitative estimate of drug-likeness (QED) is 0.625. The Balaban J connectivity index is 1.92. The van der Waals surface area contributed by atoms with Gasteiger partial charge in [0.2, 0.25) is 0 Å². The summed E-state index contributed by atoms with van der Waals surface area (Å²) in [7, 11) is 0. The fourth-order valence-corrected chi connectivity index (χ4v) is 1.89. The molecule has 0 heterocycles. The Morgan fingerprint density at radius 3 is 2.63 bits per heavy atom. The Kier molecular flexibility index (Phi) is 3.89. The molecular formula is C13H16N2O4. The summed E-state index contributed by atoms with van der Waals surface area (Å²) in [5.41, 5.74) is 0.0955. The van der Waals surface area contributed by atoms with Crippen LogP contribution in [0.3, 0.4) is 0 Å². The molecule has 4 N–H and O–H groups in total. The van der Waals surface area contributed by atoms with Crippen LogP contribution in [0.2, 0.25) is 0 Å². The van der Waals surface area contributed by atoms with Crippen molar-refractivity contribution in [2.75, 3.05) is 11.9 Å². The van der Waals surface area contributed by atoms with Crippen LogP contribution in [-0.4, -0.2) is 28.8 Å². The minimum atomic E-state index is -1.24. The summed E-state index contributed by atoms with van der Waals surface area (Å²) in [6.07, 6.45) is 3.50. The van der Waals surface area contributed by atoms with E-state index in [1.54, 1.807) is 0 Å². The van der Waals surface area contributed by atoms with Gasteiger partial charge in [-0.25, -0.2) is 9.59 Å². The summed E-state index contributed by atoms with van der Waals surface area (Å²) in [5, 5.41) is 23.5. The van der Waals surface area contributed by atoms with E-state index in [9.17, 15) is 14.7 Å². The van der Waals surface area contributed by atoms with Crippen molar-refractivity contribution < 1.29 is 19.8 Å². The van der Waals surface area contributed by atoms with Crippen LogP contribution in [0.25, 0.3) is 0 Å². The molecule has 19 heavy (non-hydrogen) atoms. The first kappa shape index (κ1) is 13.2. The zero-order valence-corrected chi connectivity index (χ0v) is 10.3. The van der Waals surface area contributed by atoms with E-state index in [1.807, 2.05) is 0 Å². The van der Waals surface area contributed by atoms with Crippen LogP contribution >= 0.6 is 0 Å². The third-order valence-electron chi connectivity index (χ3n) is 3.26. The number of urea groups is 1. The number of carbonyl (C=O) groups excluding carboxylic acids is 1. The number of aromatic hydroxyl groups is 1. The highest BCUT2D eigenvalue weighted by atomic mass is 16.4. The van der Waals surface area contributed by atoms with Gasteiger partial charge in [0.25, 0.3) is 0 Å². The summed E-state index contributed by atoms with van der Waals surface area (Å²) in [5.74, 6) is -1.01. The molecule has 1 saturated carbocycles. The Morgan fingerprint density at radius 2 is 2.05 bits per heavy atom. The van der Waals surface area contributed by atoms with E-state index in [0.717, 1.165) is 12.8 Å². The number of carboxylic acid groups (broad SMARTS) is 1. The maximum atomic E-state index is 11.6. The Labute approximate surface area is 110 Å². The van der Waals surface area contributed by atoms with Crippen molar-refractivity contribution in [3.63, 3.8) is 0 Å². The van der Waals surface area contributed by atoms with Crippen LogP contribution in [0.5, 0.6) is 5.75 Å². The molecule has 0 aliphatic heterocycles. The number of amides is 2. The third kappa shape index (κ3) is 3.37. The molecule has 0 atom stereocenters. The number of benzene rings is 1. The van der Waals surface area contributed by atoms with Crippen molar-refractivity contribution in [2.24, 2.45) is 5.92 Å². The first-order valence-corrected chi connectivity index (χ1v) is 6.17. The lowest BCUT2D eigenvalue weighted by atomic mass is 9.85. The summed E-state index contributed by atoms with van der Waals surface area (Å²) in [6, 6.07) is 3.55. The molecule has 1 aliphatic carbocycles. The highest BCUT2D eigenvalue weighted by Gasteiger charge is 2.18. The van der Waals surface area contributed by atoms with Gasteiger partial charge in [-0.3, -0.25) is 0 Å². The molecule has 0 aromatic heterocycles. The summed E-state index contributed by atoms with van der Waals surface area (Å²) < 4.78 is 0. The second-order valence-corrected chi connectivity index (χ2v) is 4.67. The average Bonchev–Trinajstić information content (AvgIpc) is 2.29. The van der Waals surface area contributed by atoms with Crippen molar-refractivity contribution in [3.8, 4) is 5.75 Å². The van der Waals surface area contributed by atoms with Gasteiger partial charge >= 0.3 is 12.0 Å². The van der Waals surface area contributed by atoms with Crippen LogP contribution in [0, 0.1) is 5.92 Å². The molecule has 1 aliphatic rings. The SMILES string of the molecule is O=C(NCC1CCC1)Nc1ccc(O)c(C(=O)O)c1. The molecule has 0 unspecified atom stereocenters. The molecule has 0 spiro atoms. The zero-order chi connectivity index (χ0) is 13.8. The molecule has 102 valence electrons. The van der Waals surface area contributed by atoms with Gasteiger partial charge in [0.05, 0.1) is 0 Å². The smallest absolute Gasteiger partial charge is 0.339 e. The Bertz CT molecular complexity index is 497. The van der Waals surface area contributed by atoms with Crippen molar-refractivity contribution in [3.05, 3.63) is 23.8 Å². The van der Waals surface area contributed by atoms with Gasteiger partial charge in [0.15, 0.2) is 0 Å². The monoisotopic (exact) mass is 264 g/mol. The standard InChI is InChI=1S/C13H16N2O4/c16-11-5-4-9(6-10(11)12(17)18)15-13(19)14-7-8-2-1-3-8/h4-6,8,16H,1-3,7H2,(H,17,18)(H2,14,15,19). The number of aromatic carboxylic acids is 1. The molecule has 1 aromatic rings. The van der Waals surface area contributed by atoms with E-state index in [-0.39, 0.29) is 17.3 Å². The minimum absolute atomic E-state index is 0.239. The second-order valence-electron chi connectivity index (χ2n) is 4.67. The summed E-state index contributed by atoms with van der Waals surface area (Å²) >= 11 is 0. The van der Waals surface area contributed by atoms with Crippen molar-refractivity contribution in [1.82, 2.24) is 5.32 Å². The van der Waals surface area contributed by atoms with Crippen LogP contribution in [0.1, 0.15) is 29.6 Å². The average molecular weight is 264 g/mol. The number of rotatable bonds is 4. The van der Waals surface area contributed by atoms with E-state index < -0.39 is 5.97 Å². The van der Waals surface area contributed by atoms with E-state index in [1.165, 1.54) is 24.6 Å². The van der Waals surface area contributed by atoms with Crippen molar-refractivity contribution >= 4 is 17.7 Å². The van der Waals surface area contributed by atoms with Crippen molar-refractivity contribution in [1.29, 1.82) is 0 Å². The third-order valence-corrected chi connectivity index (χ3v) is 3.26. The minimum Gasteiger partial charge on any atom is -0.507 e. The molecular weight excluding hydrogens is 248 g/mol. The lowest BCUT2D eigenvalue weighted by Gasteiger charge is -2.25. The van der Waals surface area contributed by atoms with E-state index >= 15 is 0 Å². The van der Waals surface area contributed by atoms with Crippen LogP contribution < -0.4 is 10.6 Å². The molecule has 2 rings (SSSR count). The number of anilines is 1. The molecule has 6 nitrogen and oxygen atoms in total. The summed E-state index contributed by atoms with van der Waals surface area (Å²) in [6.45, 7) is 0.635. The molecule has 0 saturated heterocycles. The predicted octanol–water partition coefficient (Wildman–Crippen LogP) is 2.01. The van der Waals surface area contributed by atoms with E-state index in [0.29, 0.717) is 18.2 Å². The predicted molar refractivity (Wildman–Crippen MR) is 69.4 cm³/mol. The summed E-state index contributed by atoms with van der Waals surface area (Å²) in [4.78, 5) is 22.4. The first-order valence-electron chi connectivity index (χ1n) is 6.17. The number of nitrogens with one attached hydrogen (secondary N) is 2. The van der Waals surface area contributed by atoms with Gasteiger partial charge in [-0.15, -0.1) is 0 Å². The number of carboxylic acids is 1. The topological polar surface area (TPSA) is 98.7 Å². The largest absolute Gasteiger partial charge is 0.507 e. The number of hydrogen-bond donors (Lipinski definition) is 4. The van der Waals surface area contributed by atoms with Gasteiger partial charge in [0, 0.05) is 12.2 Å². The Hall–Kier alpha value is -2.24. The normalized spacial score (nSPS) is 14.5. The molecule has 1 aromatic carbocycles. The molecule has 6 heteroatoms. The van der Waals surface area contributed by atoms with Gasteiger partial charge < -0.3 is 20.8 Å². The van der Waals surface area contributed by atoms with E-state index in [2.05, 4.69) is 10.6 Å². The van der Waals surface area contributed by atoms with Crippen molar-refractivity contribution in [2.45, 2.75) is 19.3 Å². The number of carbonyl (C=O) groups is 2. The lowest BCUT2D eigenvalue weighted by Crippen LogP contribution is -2.35. The van der Waals surface area contributed by atoms with Crippen LogP contribution in [0.4, 0.5) is 10.5 Å². The number of phenols is 1. The molecule has 2 amide bonds. The van der Waals surface area contributed by atoms with Crippen LogP contribution in [-0.2, 0) is 0 Å². The fraction of sp³-hybridized carbons (Fsp3) is 0.385. The Morgan fingerprint density at radius 1 is 1.32 bits per heavy atom.